The molecule has 16 heavy (non-hydrogen) atoms. The summed E-state index contributed by atoms with van der Waals surface area (Å²) in [7, 11) is 0. The topological polar surface area (TPSA) is 72.5 Å². The predicted molar refractivity (Wildman–Crippen MR) is 51.2 cm³/mol. The first-order chi connectivity index (χ1) is 7.27. The molecule has 0 unspecified atom stereocenters. The Kier molecular flexibility index (Phi) is 5.06. The van der Waals surface area contributed by atoms with Crippen LogP contribution in [0.4, 0.5) is 0 Å². The minimum absolute atomic E-state index is 0. The molecule has 1 N–H and O–H groups in total. The van der Waals surface area contributed by atoms with Crippen LogP contribution in [0.25, 0.3) is 0 Å². The first-order valence-electron chi connectivity index (χ1n) is 4.13. The predicted octanol–water partition coefficient (Wildman–Crippen LogP) is 0.0613. The molecule has 0 radical (unpaired) electrons. The second-order valence-corrected chi connectivity index (χ2v) is 2.59. The molecule has 1 aromatic rings. The van der Waals surface area contributed by atoms with Crippen molar-refractivity contribution in [1.82, 2.24) is 5.32 Å². The van der Waals surface area contributed by atoms with Gasteiger partial charge < -0.3 is 14.8 Å². The van der Waals surface area contributed by atoms with Gasteiger partial charge in [0.1, 0.15) is 5.75 Å². The molecule has 0 bridgehead atoms. The van der Waals surface area contributed by atoms with Crippen LogP contribution in [-0.4, -0.2) is 25.2 Å². The zero-order valence-electron chi connectivity index (χ0n) is 8.02. The van der Waals surface area contributed by atoms with Crippen molar-refractivity contribution in [2.24, 2.45) is 0 Å². The molecule has 1 rings (SSSR count). The van der Waals surface area contributed by atoms with Crippen LogP contribution in [0.5, 0.6) is 5.75 Å². The summed E-state index contributed by atoms with van der Waals surface area (Å²) in [5.74, 6) is -0.488. The Morgan fingerprint density at radius 3 is 2.75 bits per heavy atom. The van der Waals surface area contributed by atoms with E-state index in [1.807, 2.05) is 5.32 Å². The summed E-state index contributed by atoms with van der Waals surface area (Å²) in [6.07, 6.45) is 1.93. The molecule has 0 saturated carbocycles. The molecule has 0 aliphatic heterocycles. The largest absolute Gasteiger partial charge is 0.521 e. The third-order valence-electron chi connectivity index (χ3n) is 1.57. The Morgan fingerprint density at radius 1 is 1.44 bits per heavy atom. The van der Waals surface area contributed by atoms with Crippen LogP contribution in [-0.2, 0) is 9.59 Å². The van der Waals surface area contributed by atoms with E-state index in [1.54, 1.807) is 12.1 Å². The molecule has 1 amide bonds. The van der Waals surface area contributed by atoms with Crippen molar-refractivity contribution >= 4 is 18.7 Å². The fourth-order valence-corrected chi connectivity index (χ4v) is 0.938. The number of esters is 1. The van der Waals surface area contributed by atoms with Crippen LogP contribution < -0.4 is 10.1 Å². The molecule has 1 aromatic carbocycles. The monoisotopic (exact) mass is 463 g/mol. The van der Waals surface area contributed by atoms with Gasteiger partial charge in [-0.25, -0.2) is 4.79 Å². The number of aldehydes is 1. The number of amides is 1. The summed E-state index contributed by atoms with van der Waals surface area (Å²) in [6.45, 7) is -0.281. The summed E-state index contributed by atoms with van der Waals surface area (Å²) in [5.41, 5.74) is 0.279. The fourth-order valence-electron chi connectivity index (χ4n) is 0.938. The molecule has 0 aromatic heterocycles. The SMILES string of the molecule is O=[C-]NCC(=O)Oc1ccccc1C=O.[Fm]. The molecule has 90 valence electrons. The van der Waals surface area contributed by atoms with Crippen LogP contribution in [0.15, 0.2) is 24.3 Å². The number of para-hydroxylation sites is 1. The van der Waals surface area contributed by atoms with E-state index in [-0.39, 0.29) is 17.9 Å². The quantitative estimate of drug-likeness (QED) is 0.221. The van der Waals surface area contributed by atoms with Gasteiger partial charge in [0.15, 0.2) is 6.29 Å². The van der Waals surface area contributed by atoms with Gasteiger partial charge in [0.25, 0.3) is 0 Å². The maximum absolute atomic E-state index is 11.1. The smallest absolute Gasteiger partial charge is 0.328 e. The molecule has 0 heterocycles. The van der Waals surface area contributed by atoms with Crippen LogP contribution in [0, 0.1) is 0 Å². The van der Waals surface area contributed by atoms with Gasteiger partial charge in [-0.2, -0.15) is 6.41 Å². The van der Waals surface area contributed by atoms with E-state index in [0.717, 1.165) is 0 Å². The minimum Gasteiger partial charge on any atom is -0.521 e. The number of nitrogens with one attached hydrogen (secondary N) is 1. The van der Waals surface area contributed by atoms with E-state index in [4.69, 9.17) is 4.74 Å². The van der Waals surface area contributed by atoms with Gasteiger partial charge in [0, 0.05) is 0 Å². The molecule has 0 aliphatic carbocycles. The molecular weight excluding hydrogens is 455 g/mol. The van der Waals surface area contributed by atoms with Gasteiger partial charge in [0.2, 0.25) is 0 Å². The van der Waals surface area contributed by atoms with E-state index in [9.17, 15) is 14.4 Å². The fraction of sp³-hybridized carbons (Fsp3) is 0.100. The number of carbonyl (C=O) groups excluding carboxylic acids is 3. The van der Waals surface area contributed by atoms with E-state index in [0.29, 0.717) is 6.29 Å². The zero-order valence-corrected chi connectivity index (χ0v) is 10.4. The number of hydrogen-bond donors (Lipinski definition) is 1. The second kappa shape index (κ2) is 6.31. The molecule has 0 spiro atoms. The summed E-state index contributed by atoms with van der Waals surface area (Å²) in [6, 6.07) is 6.30. The summed E-state index contributed by atoms with van der Waals surface area (Å²) in [5, 5.41) is 2.04. The molecule has 6 heteroatoms. The summed E-state index contributed by atoms with van der Waals surface area (Å²) in [4.78, 5) is 31.4. The Hall–Kier alpha value is -3.17. The Morgan fingerprint density at radius 2 is 2.12 bits per heavy atom. The van der Waals surface area contributed by atoms with Crippen LogP contribution in [0.2, 0.25) is 0 Å². The molecule has 0 atom stereocenters. The van der Waals surface area contributed by atoms with Crippen LogP contribution in [0.3, 0.4) is 0 Å². The van der Waals surface area contributed by atoms with Crippen LogP contribution in [0.1, 0.15) is 10.4 Å². The van der Waals surface area contributed by atoms with Gasteiger partial charge in [-0.15, -0.1) is 0 Å². The van der Waals surface area contributed by atoms with E-state index < -0.39 is 5.97 Å². The van der Waals surface area contributed by atoms with Crippen molar-refractivity contribution in [3.63, 3.8) is 0 Å². The van der Waals surface area contributed by atoms with E-state index in [1.165, 1.54) is 18.5 Å². The van der Waals surface area contributed by atoms with E-state index in [2.05, 4.69) is 0 Å². The summed E-state index contributed by atoms with van der Waals surface area (Å²) >= 11 is 0. The molecule has 5 nitrogen and oxygen atoms in total. The van der Waals surface area contributed by atoms with Crippen molar-refractivity contribution in [3.8, 4) is 5.75 Å². The van der Waals surface area contributed by atoms with E-state index >= 15 is 0 Å². The van der Waals surface area contributed by atoms with Crippen molar-refractivity contribution < 1.29 is 19.1 Å². The normalized spacial score (nSPS) is 8.50. The number of ether oxygens (including phenoxy) is 1. The second-order valence-electron chi connectivity index (χ2n) is 2.59. The maximum Gasteiger partial charge on any atom is 0.328 e. The van der Waals surface area contributed by atoms with Gasteiger partial charge >= 0.3 is 5.97 Å². The first kappa shape index (κ1) is 12.8. The number of carbonyl (C=O) groups is 2. The van der Waals surface area contributed by atoms with Crippen molar-refractivity contribution in [1.29, 1.82) is 0 Å². The Labute approximate surface area is 86.0 Å². The molecule has 0 fully saturated rings. The van der Waals surface area contributed by atoms with Gasteiger partial charge in [0.05, 0.1) is 12.1 Å². The third kappa shape index (κ3) is 3.29. The average Bonchev–Trinajstić information content (AvgIpc) is 2.27. The standard InChI is InChI=1S/C10H8NO4.Fm/c12-6-8-3-1-2-4-9(8)15-10(14)5-11-7-13;/h1-4,6H,5H2,(H,11,13);/q-1;. The number of hydrogen-bond acceptors (Lipinski definition) is 4. The van der Waals surface area contributed by atoms with Gasteiger partial charge in [-0.05, 0) is 12.1 Å². The van der Waals surface area contributed by atoms with Crippen molar-refractivity contribution in [2.45, 2.75) is 0 Å². The molecule has 0 aliphatic rings. The van der Waals surface area contributed by atoms with Gasteiger partial charge in [-0.1, -0.05) is 12.1 Å². The molecule has 0 saturated heterocycles. The summed E-state index contributed by atoms with van der Waals surface area (Å²) < 4.78 is 4.83. The Bertz CT molecular complexity index is 381. The first-order valence-corrected chi connectivity index (χ1v) is 4.13. The van der Waals surface area contributed by atoms with Gasteiger partial charge in [-0.3, -0.25) is 4.79 Å². The van der Waals surface area contributed by atoms with Crippen molar-refractivity contribution in [2.75, 3.05) is 6.54 Å². The Balaban J connectivity index is 0.00000225. The van der Waals surface area contributed by atoms with Crippen LogP contribution >= 0.6 is 0 Å². The number of rotatable bonds is 5. The number of benzene rings is 1. The zero-order chi connectivity index (χ0) is 11.1. The molecular formula is C10H8FmNO4-. The minimum atomic E-state index is -0.660. The van der Waals surface area contributed by atoms with Crippen molar-refractivity contribution in [3.05, 3.63) is 29.8 Å². The average molecular weight is 463 g/mol. The maximum atomic E-state index is 11.1. The third-order valence-corrected chi connectivity index (χ3v) is 1.57.